The molecule has 88 valence electrons. The van der Waals surface area contributed by atoms with Crippen molar-refractivity contribution < 1.29 is 9.59 Å². The number of aromatic nitrogens is 1. The number of anilines is 1. The molecule has 0 bridgehead atoms. The Kier molecular flexibility index (Phi) is 2.23. The summed E-state index contributed by atoms with van der Waals surface area (Å²) in [6.07, 6.45) is 3.56. The maximum atomic E-state index is 12.1. The molecule has 0 saturated heterocycles. The van der Waals surface area contributed by atoms with E-state index >= 15 is 0 Å². The maximum Gasteiger partial charge on any atom is 0.236 e. The summed E-state index contributed by atoms with van der Waals surface area (Å²) in [5, 5.41) is 3.30. The first-order chi connectivity index (χ1) is 8.12. The van der Waals surface area contributed by atoms with Crippen molar-refractivity contribution in [2.24, 2.45) is 0 Å². The van der Waals surface area contributed by atoms with Gasteiger partial charge in [0.05, 0.1) is 10.4 Å². The standard InChI is InChI=1S/C12H11ClN2O2/c13-7-5-9-10(14-6-7)15-11(17)12(9)3-1-8(16)2-4-12/h5-6H,1-4H2,(H,14,15,17). The summed E-state index contributed by atoms with van der Waals surface area (Å²) in [6, 6.07) is 1.79. The summed E-state index contributed by atoms with van der Waals surface area (Å²) in [5.74, 6) is 0.773. The molecule has 0 unspecified atom stereocenters. The second-order valence-electron chi connectivity index (χ2n) is 4.62. The summed E-state index contributed by atoms with van der Waals surface area (Å²) in [4.78, 5) is 27.6. The molecule has 1 amide bonds. The van der Waals surface area contributed by atoms with Gasteiger partial charge in [-0.3, -0.25) is 9.59 Å². The van der Waals surface area contributed by atoms with E-state index in [1.165, 1.54) is 6.20 Å². The molecule has 3 rings (SSSR count). The van der Waals surface area contributed by atoms with E-state index in [9.17, 15) is 9.59 Å². The van der Waals surface area contributed by atoms with Crippen molar-refractivity contribution in [3.63, 3.8) is 0 Å². The number of hydrogen-bond donors (Lipinski definition) is 1. The summed E-state index contributed by atoms with van der Waals surface area (Å²) in [7, 11) is 0. The molecular formula is C12H11ClN2O2. The number of carbonyl (C=O) groups is 2. The largest absolute Gasteiger partial charge is 0.310 e. The number of Topliss-reactive ketones (excluding diaryl/α,β-unsaturated/α-hetero) is 1. The monoisotopic (exact) mass is 250 g/mol. The Balaban J connectivity index is 2.09. The van der Waals surface area contributed by atoms with Gasteiger partial charge in [0, 0.05) is 24.6 Å². The Bertz CT molecular complexity index is 517. The fraction of sp³-hybridized carbons (Fsp3) is 0.417. The van der Waals surface area contributed by atoms with Crippen molar-refractivity contribution in [3.8, 4) is 0 Å². The van der Waals surface area contributed by atoms with Crippen LogP contribution in [0.25, 0.3) is 0 Å². The summed E-state index contributed by atoms with van der Waals surface area (Å²) in [6.45, 7) is 0. The fourth-order valence-electron chi connectivity index (χ4n) is 2.71. The van der Waals surface area contributed by atoms with E-state index < -0.39 is 5.41 Å². The molecule has 4 nitrogen and oxygen atoms in total. The average molecular weight is 251 g/mol. The van der Waals surface area contributed by atoms with Crippen LogP contribution in [0.15, 0.2) is 12.3 Å². The van der Waals surface area contributed by atoms with Gasteiger partial charge in [0.2, 0.25) is 5.91 Å². The number of pyridine rings is 1. The second kappa shape index (κ2) is 3.53. The normalized spacial score (nSPS) is 21.5. The lowest BCUT2D eigenvalue weighted by atomic mass is 9.70. The summed E-state index contributed by atoms with van der Waals surface area (Å²) < 4.78 is 0. The minimum atomic E-state index is -0.582. The Morgan fingerprint density at radius 1 is 1.29 bits per heavy atom. The van der Waals surface area contributed by atoms with Crippen molar-refractivity contribution in [1.82, 2.24) is 4.98 Å². The average Bonchev–Trinajstić information content (AvgIpc) is 2.57. The molecule has 1 saturated carbocycles. The van der Waals surface area contributed by atoms with Crippen molar-refractivity contribution >= 4 is 29.1 Å². The number of ketones is 1. The van der Waals surface area contributed by atoms with E-state index in [1.54, 1.807) is 6.07 Å². The molecule has 0 atom stereocenters. The van der Waals surface area contributed by atoms with E-state index in [1.807, 2.05) is 0 Å². The predicted octanol–water partition coefficient (Wildman–Crippen LogP) is 2.07. The zero-order valence-corrected chi connectivity index (χ0v) is 9.88. The number of rotatable bonds is 0. The first-order valence-corrected chi connectivity index (χ1v) is 5.99. The van der Waals surface area contributed by atoms with Gasteiger partial charge in [-0.2, -0.15) is 0 Å². The third-order valence-electron chi connectivity index (χ3n) is 3.70. The zero-order chi connectivity index (χ0) is 12.0. The lowest BCUT2D eigenvalue weighted by molar-refractivity contribution is -0.126. The molecule has 17 heavy (non-hydrogen) atoms. The number of fused-ring (bicyclic) bond motifs is 2. The molecule has 2 aliphatic rings. The fourth-order valence-corrected chi connectivity index (χ4v) is 2.86. The summed E-state index contributed by atoms with van der Waals surface area (Å²) >= 11 is 5.93. The van der Waals surface area contributed by atoms with Crippen LogP contribution in [0.4, 0.5) is 5.82 Å². The van der Waals surface area contributed by atoms with E-state index in [4.69, 9.17) is 11.6 Å². The molecule has 0 radical (unpaired) electrons. The van der Waals surface area contributed by atoms with Crippen LogP contribution in [0.1, 0.15) is 31.2 Å². The van der Waals surface area contributed by atoms with Gasteiger partial charge in [-0.05, 0) is 18.9 Å². The highest BCUT2D eigenvalue weighted by Gasteiger charge is 2.49. The second-order valence-corrected chi connectivity index (χ2v) is 5.06. The molecule has 1 aromatic heterocycles. The van der Waals surface area contributed by atoms with Gasteiger partial charge < -0.3 is 5.32 Å². The lowest BCUT2D eigenvalue weighted by Crippen LogP contribution is -2.38. The van der Waals surface area contributed by atoms with Crippen LogP contribution in [0.5, 0.6) is 0 Å². The van der Waals surface area contributed by atoms with Gasteiger partial charge in [0.15, 0.2) is 0 Å². The van der Waals surface area contributed by atoms with Crippen molar-refractivity contribution in [1.29, 1.82) is 0 Å². The van der Waals surface area contributed by atoms with Gasteiger partial charge in [0.25, 0.3) is 0 Å². The molecule has 1 aromatic rings. The minimum Gasteiger partial charge on any atom is -0.310 e. The highest BCUT2D eigenvalue weighted by molar-refractivity contribution is 6.30. The Labute approximate surface area is 103 Å². The van der Waals surface area contributed by atoms with Crippen molar-refractivity contribution in [2.75, 3.05) is 5.32 Å². The zero-order valence-electron chi connectivity index (χ0n) is 9.12. The number of carbonyl (C=O) groups excluding carboxylic acids is 2. The number of halogens is 1. The lowest BCUT2D eigenvalue weighted by Gasteiger charge is -2.30. The molecule has 1 aliphatic carbocycles. The number of hydrogen-bond acceptors (Lipinski definition) is 3. The van der Waals surface area contributed by atoms with Crippen LogP contribution < -0.4 is 5.32 Å². The molecule has 1 aliphatic heterocycles. The molecule has 1 N–H and O–H groups in total. The molecule has 5 heteroatoms. The summed E-state index contributed by atoms with van der Waals surface area (Å²) in [5.41, 5.74) is 0.267. The third kappa shape index (κ3) is 1.47. The smallest absolute Gasteiger partial charge is 0.236 e. The van der Waals surface area contributed by atoms with Gasteiger partial charge in [-0.1, -0.05) is 11.6 Å². The van der Waals surface area contributed by atoms with Crippen molar-refractivity contribution in [2.45, 2.75) is 31.1 Å². The Morgan fingerprint density at radius 3 is 2.71 bits per heavy atom. The van der Waals surface area contributed by atoms with Gasteiger partial charge in [-0.15, -0.1) is 0 Å². The Morgan fingerprint density at radius 2 is 2.00 bits per heavy atom. The van der Waals surface area contributed by atoms with Gasteiger partial charge >= 0.3 is 0 Å². The van der Waals surface area contributed by atoms with Crippen LogP contribution in [-0.2, 0) is 15.0 Å². The van der Waals surface area contributed by atoms with Crippen LogP contribution >= 0.6 is 11.6 Å². The number of amides is 1. The molecule has 1 fully saturated rings. The maximum absolute atomic E-state index is 12.1. The minimum absolute atomic E-state index is 0.0465. The number of nitrogens with one attached hydrogen (secondary N) is 1. The highest BCUT2D eigenvalue weighted by atomic mass is 35.5. The van der Waals surface area contributed by atoms with Crippen LogP contribution in [0.3, 0.4) is 0 Å². The first kappa shape index (κ1) is 10.7. The van der Waals surface area contributed by atoms with E-state index in [-0.39, 0.29) is 11.7 Å². The topological polar surface area (TPSA) is 59.1 Å². The van der Waals surface area contributed by atoms with Crippen LogP contribution in [0.2, 0.25) is 5.02 Å². The third-order valence-corrected chi connectivity index (χ3v) is 3.90. The molecular weight excluding hydrogens is 240 g/mol. The highest BCUT2D eigenvalue weighted by Crippen LogP contribution is 2.46. The molecule has 1 spiro atoms. The Hall–Kier alpha value is -1.42. The predicted molar refractivity (Wildman–Crippen MR) is 63.0 cm³/mol. The SMILES string of the molecule is O=C1CCC2(CC1)C(=O)Nc1ncc(Cl)cc12. The first-order valence-electron chi connectivity index (χ1n) is 5.61. The van der Waals surface area contributed by atoms with Crippen LogP contribution in [0, 0.1) is 0 Å². The van der Waals surface area contributed by atoms with E-state index in [0.29, 0.717) is 36.5 Å². The van der Waals surface area contributed by atoms with E-state index in [0.717, 1.165) is 5.56 Å². The van der Waals surface area contributed by atoms with Crippen LogP contribution in [-0.4, -0.2) is 16.7 Å². The molecule has 2 heterocycles. The van der Waals surface area contributed by atoms with Gasteiger partial charge in [0.1, 0.15) is 11.6 Å². The van der Waals surface area contributed by atoms with E-state index in [2.05, 4.69) is 10.3 Å². The van der Waals surface area contributed by atoms with Gasteiger partial charge in [-0.25, -0.2) is 4.98 Å². The quantitative estimate of drug-likeness (QED) is 0.767. The number of nitrogens with zero attached hydrogens (tertiary/aromatic N) is 1. The molecule has 0 aromatic carbocycles. The van der Waals surface area contributed by atoms with Crippen molar-refractivity contribution in [3.05, 3.63) is 22.8 Å².